The van der Waals surface area contributed by atoms with Crippen molar-refractivity contribution in [2.75, 3.05) is 0 Å². The van der Waals surface area contributed by atoms with Crippen LogP contribution in [0.3, 0.4) is 0 Å². The maximum absolute atomic E-state index is 5.58. The fourth-order valence-corrected chi connectivity index (χ4v) is 1.01. The van der Waals surface area contributed by atoms with E-state index < -0.39 is 0 Å². The Balaban J connectivity index is 0.000000810. The van der Waals surface area contributed by atoms with E-state index in [2.05, 4.69) is 4.98 Å². The van der Waals surface area contributed by atoms with Gasteiger partial charge in [0, 0.05) is 7.05 Å². The largest absolute Gasteiger partial charge is 3.00 e. The molecule has 0 aliphatic rings. The van der Waals surface area contributed by atoms with Gasteiger partial charge in [-0.15, -0.1) is 0 Å². The van der Waals surface area contributed by atoms with Crippen molar-refractivity contribution in [3.05, 3.63) is 15.6 Å². The molecule has 0 aromatic carbocycles. The van der Waals surface area contributed by atoms with Gasteiger partial charge >= 0.3 is 22.4 Å². The summed E-state index contributed by atoms with van der Waals surface area (Å²) in [4.78, 5) is 3.67. The molecular formula is C4H3AuCl3N2+3. The van der Waals surface area contributed by atoms with Crippen molar-refractivity contribution in [3.8, 4) is 0 Å². The van der Waals surface area contributed by atoms with E-state index in [1.165, 1.54) is 4.57 Å². The Hall–Kier alpha value is 0.820. The molecule has 1 heterocycles. The van der Waals surface area contributed by atoms with Crippen LogP contribution in [0.15, 0.2) is 0 Å². The topological polar surface area (TPSA) is 17.8 Å². The molecule has 0 aliphatic heterocycles. The van der Waals surface area contributed by atoms with E-state index in [4.69, 9.17) is 34.8 Å². The van der Waals surface area contributed by atoms with Crippen LogP contribution in [0.25, 0.3) is 0 Å². The summed E-state index contributed by atoms with van der Waals surface area (Å²) in [6, 6.07) is 0. The first-order valence-electron chi connectivity index (χ1n) is 2.16. The number of aromatic nitrogens is 2. The molecule has 0 fully saturated rings. The Kier molecular flexibility index (Phi) is 4.33. The molecule has 58 valence electrons. The molecule has 0 bridgehead atoms. The number of halogens is 3. The predicted octanol–water partition coefficient (Wildman–Crippen LogP) is 2.38. The van der Waals surface area contributed by atoms with Crippen molar-refractivity contribution in [3.63, 3.8) is 0 Å². The minimum atomic E-state index is 0. The molecule has 1 rings (SSSR count). The van der Waals surface area contributed by atoms with Crippen LogP contribution < -0.4 is 0 Å². The zero-order valence-electron chi connectivity index (χ0n) is 4.83. The standard InChI is InChI=1S/C4H3Cl3N2.Au/c1-9-3(6)2(5)8-4(9)7;/h1H3;/q;+3. The second kappa shape index (κ2) is 4.00. The van der Waals surface area contributed by atoms with Crippen molar-refractivity contribution in [1.82, 2.24) is 9.55 Å². The third kappa shape index (κ3) is 1.91. The molecule has 0 aliphatic carbocycles. The average molecular weight is 382 g/mol. The molecule has 0 spiro atoms. The summed E-state index contributed by atoms with van der Waals surface area (Å²) in [6.07, 6.45) is 0. The van der Waals surface area contributed by atoms with Gasteiger partial charge in [-0.1, -0.05) is 23.2 Å². The number of rotatable bonds is 0. The van der Waals surface area contributed by atoms with E-state index >= 15 is 0 Å². The summed E-state index contributed by atoms with van der Waals surface area (Å²) >= 11 is 16.6. The van der Waals surface area contributed by atoms with Crippen LogP contribution in [0.2, 0.25) is 15.6 Å². The summed E-state index contributed by atoms with van der Waals surface area (Å²) in [5.41, 5.74) is 0. The Morgan fingerprint density at radius 2 is 1.80 bits per heavy atom. The Morgan fingerprint density at radius 3 is 1.90 bits per heavy atom. The normalized spacial score (nSPS) is 9.20. The zero-order valence-corrected chi connectivity index (χ0v) is 9.26. The molecule has 10 heavy (non-hydrogen) atoms. The van der Waals surface area contributed by atoms with Gasteiger partial charge in [-0.2, -0.15) is 0 Å². The van der Waals surface area contributed by atoms with Crippen LogP contribution in [0.4, 0.5) is 0 Å². The fourth-order valence-electron chi connectivity index (χ4n) is 0.422. The van der Waals surface area contributed by atoms with Crippen molar-refractivity contribution >= 4 is 34.8 Å². The molecule has 6 heteroatoms. The second-order valence-corrected chi connectivity index (χ2v) is 2.58. The van der Waals surface area contributed by atoms with Gasteiger partial charge in [-0.3, -0.25) is 0 Å². The van der Waals surface area contributed by atoms with Gasteiger partial charge in [0.1, 0.15) is 5.15 Å². The second-order valence-electron chi connectivity index (χ2n) is 1.52. The number of nitrogens with zero attached hydrogens (tertiary/aromatic N) is 2. The third-order valence-electron chi connectivity index (χ3n) is 0.932. The van der Waals surface area contributed by atoms with Crippen molar-refractivity contribution < 1.29 is 22.4 Å². The van der Waals surface area contributed by atoms with Crippen LogP contribution in [-0.2, 0) is 29.4 Å². The van der Waals surface area contributed by atoms with Crippen LogP contribution in [0.1, 0.15) is 0 Å². The maximum Gasteiger partial charge on any atom is 3.00 e. The van der Waals surface area contributed by atoms with Gasteiger partial charge in [-0.25, -0.2) is 4.98 Å². The summed E-state index contributed by atoms with van der Waals surface area (Å²) in [5.74, 6) is 0. The molecule has 0 amide bonds. The van der Waals surface area contributed by atoms with Crippen LogP contribution in [0, 0.1) is 0 Å². The number of hydrogen-bond acceptors (Lipinski definition) is 1. The van der Waals surface area contributed by atoms with Crippen molar-refractivity contribution in [1.29, 1.82) is 0 Å². The minimum absolute atomic E-state index is 0. The number of imidazole rings is 1. The monoisotopic (exact) mass is 381 g/mol. The molecule has 0 N–H and O–H groups in total. The van der Waals surface area contributed by atoms with Gasteiger partial charge < -0.3 is 4.57 Å². The molecule has 2 nitrogen and oxygen atoms in total. The SMILES string of the molecule is Cn1c(Cl)nc(Cl)c1Cl.[Au+3]. The minimum Gasteiger partial charge on any atom is -0.308 e. The van der Waals surface area contributed by atoms with Crippen LogP contribution in [-0.4, -0.2) is 9.55 Å². The van der Waals surface area contributed by atoms with Gasteiger partial charge in [0.15, 0.2) is 5.15 Å². The molecule has 0 atom stereocenters. The van der Waals surface area contributed by atoms with Gasteiger partial charge in [-0.05, 0) is 11.6 Å². The fraction of sp³-hybridized carbons (Fsp3) is 0.250. The van der Waals surface area contributed by atoms with Gasteiger partial charge in [0.25, 0.3) is 0 Å². The zero-order chi connectivity index (χ0) is 7.02. The van der Waals surface area contributed by atoms with E-state index in [9.17, 15) is 0 Å². The third-order valence-corrected chi connectivity index (χ3v) is 2.06. The van der Waals surface area contributed by atoms with E-state index in [1.54, 1.807) is 7.05 Å². The van der Waals surface area contributed by atoms with E-state index in [0.29, 0.717) is 10.4 Å². The molecule has 0 saturated carbocycles. The number of hydrogen-bond donors (Lipinski definition) is 0. The molecule has 0 saturated heterocycles. The quantitative estimate of drug-likeness (QED) is 0.630. The van der Waals surface area contributed by atoms with Crippen molar-refractivity contribution in [2.45, 2.75) is 0 Å². The van der Waals surface area contributed by atoms with Crippen LogP contribution in [0.5, 0.6) is 0 Å². The molecular weight excluding hydrogens is 379 g/mol. The Morgan fingerprint density at radius 1 is 1.30 bits per heavy atom. The average Bonchev–Trinajstić information content (AvgIpc) is 1.98. The van der Waals surface area contributed by atoms with Crippen LogP contribution >= 0.6 is 34.8 Å². The summed E-state index contributed by atoms with van der Waals surface area (Å²) < 4.78 is 1.49. The first-order valence-corrected chi connectivity index (χ1v) is 3.29. The first-order chi connectivity index (χ1) is 4.13. The molecule has 0 radical (unpaired) electrons. The maximum atomic E-state index is 5.58. The smallest absolute Gasteiger partial charge is 0.308 e. The first kappa shape index (κ1) is 10.8. The molecule has 1 aromatic rings. The molecule has 1 aromatic heterocycles. The Labute approximate surface area is 89.0 Å². The molecule has 0 unspecified atom stereocenters. The summed E-state index contributed by atoms with van der Waals surface area (Å²) in [5, 5.41) is 0.899. The van der Waals surface area contributed by atoms with Gasteiger partial charge in [0.05, 0.1) is 0 Å². The van der Waals surface area contributed by atoms with Crippen molar-refractivity contribution in [2.24, 2.45) is 7.05 Å². The summed E-state index contributed by atoms with van der Waals surface area (Å²) in [7, 11) is 1.68. The van der Waals surface area contributed by atoms with E-state index in [1.807, 2.05) is 0 Å². The van der Waals surface area contributed by atoms with E-state index in [-0.39, 0.29) is 27.5 Å². The van der Waals surface area contributed by atoms with Gasteiger partial charge in [0.2, 0.25) is 5.28 Å². The van der Waals surface area contributed by atoms with E-state index in [0.717, 1.165) is 0 Å². The summed E-state index contributed by atoms with van der Waals surface area (Å²) in [6.45, 7) is 0. The Bertz CT molecular complexity index is 212. The predicted molar refractivity (Wildman–Crippen MR) is 38.2 cm³/mol.